The average molecular weight is 357 g/mol. The summed E-state index contributed by atoms with van der Waals surface area (Å²) in [5, 5.41) is 9.72. The van der Waals surface area contributed by atoms with Crippen molar-refractivity contribution in [2.75, 3.05) is 6.54 Å². The predicted molar refractivity (Wildman–Crippen MR) is 102 cm³/mol. The van der Waals surface area contributed by atoms with Crippen LogP contribution < -0.4 is 0 Å². The van der Waals surface area contributed by atoms with Gasteiger partial charge in [0.1, 0.15) is 0 Å². The number of hydrogen-bond donors (Lipinski definition) is 0. The van der Waals surface area contributed by atoms with E-state index in [0.717, 1.165) is 37.0 Å². The van der Waals surface area contributed by atoms with Crippen LogP contribution in [0, 0.1) is 0 Å². The summed E-state index contributed by atoms with van der Waals surface area (Å²) in [4.78, 5) is 11.1. The van der Waals surface area contributed by atoms with Gasteiger partial charge in [0.2, 0.25) is 11.8 Å². The third-order valence-electron chi connectivity index (χ3n) is 5.09. The molecule has 0 N–H and O–H groups in total. The zero-order chi connectivity index (χ0) is 18.1. The molecule has 0 amide bonds. The van der Waals surface area contributed by atoms with Crippen molar-refractivity contribution in [3.05, 3.63) is 72.5 Å². The van der Waals surface area contributed by atoms with Gasteiger partial charge in [-0.05, 0) is 43.1 Å². The second kappa shape index (κ2) is 6.89. The molecule has 3 aromatic heterocycles. The second-order valence-corrected chi connectivity index (χ2v) is 6.81. The maximum absolute atomic E-state index is 5.99. The van der Waals surface area contributed by atoms with E-state index in [4.69, 9.17) is 4.42 Å². The van der Waals surface area contributed by atoms with Crippen LogP contribution in [-0.4, -0.2) is 31.6 Å². The van der Waals surface area contributed by atoms with Crippen LogP contribution in [0.1, 0.15) is 30.3 Å². The van der Waals surface area contributed by atoms with Crippen molar-refractivity contribution in [2.24, 2.45) is 0 Å². The van der Waals surface area contributed by atoms with Crippen LogP contribution in [0.4, 0.5) is 0 Å². The average Bonchev–Trinajstić information content (AvgIpc) is 3.38. The number of rotatable bonds is 4. The van der Waals surface area contributed by atoms with Crippen molar-refractivity contribution in [2.45, 2.75) is 25.4 Å². The molecule has 1 fully saturated rings. The molecule has 1 aliphatic heterocycles. The fraction of sp³-hybridized carbons (Fsp3) is 0.238. The van der Waals surface area contributed by atoms with E-state index >= 15 is 0 Å². The van der Waals surface area contributed by atoms with Gasteiger partial charge < -0.3 is 4.42 Å². The van der Waals surface area contributed by atoms with Gasteiger partial charge in [0.25, 0.3) is 0 Å². The Bertz CT molecular complexity index is 1060. The van der Waals surface area contributed by atoms with Crippen molar-refractivity contribution in [3.63, 3.8) is 0 Å². The quantitative estimate of drug-likeness (QED) is 0.549. The second-order valence-electron chi connectivity index (χ2n) is 6.81. The Morgan fingerprint density at radius 2 is 1.96 bits per heavy atom. The molecule has 0 spiro atoms. The normalized spacial score (nSPS) is 17.6. The molecule has 6 nitrogen and oxygen atoms in total. The van der Waals surface area contributed by atoms with E-state index < -0.39 is 0 Å². The first-order valence-corrected chi connectivity index (χ1v) is 9.19. The SMILES string of the molecule is c1cncc(-c2nnc(C3CCCN3Cc3cccc4cccnc34)o2)c1. The van der Waals surface area contributed by atoms with Crippen molar-refractivity contribution in [1.82, 2.24) is 25.1 Å². The molecular formula is C21H19N5O. The Morgan fingerprint density at radius 3 is 2.89 bits per heavy atom. The van der Waals surface area contributed by atoms with E-state index in [2.05, 4.69) is 49.3 Å². The molecule has 134 valence electrons. The van der Waals surface area contributed by atoms with Gasteiger partial charge in [-0.3, -0.25) is 14.9 Å². The lowest BCUT2D eigenvalue weighted by Gasteiger charge is -2.22. The third kappa shape index (κ3) is 3.08. The standard InChI is InChI=1S/C21H19N5O/c1-5-15-7-3-11-23-19(15)17(6-1)14-26-12-4-9-18(26)21-25-24-20(27-21)16-8-2-10-22-13-16/h1-3,5-8,10-11,13,18H,4,9,12,14H2. The van der Waals surface area contributed by atoms with Crippen LogP contribution in [0.3, 0.4) is 0 Å². The predicted octanol–water partition coefficient (Wildman–Crippen LogP) is 4.02. The largest absolute Gasteiger partial charge is 0.419 e. The Kier molecular flexibility index (Phi) is 4.10. The lowest BCUT2D eigenvalue weighted by Crippen LogP contribution is -2.23. The Morgan fingerprint density at radius 1 is 1.04 bits per heavy atom. The van der Waals surface area contributed by atoms with Gasteiger partial charge in [-0.2, -0.15) is 0 Å². The fourth-order valence-corrected chi connectivity index (χ4v) is 3.78. The van der Waals surface area contributed by atoms with Gasteiger partial charge >= 0.3 is 0 Å². The molecule has 1 unspecified atom stereocenters. The minimum Gasteiger partial charge on any atom is -0.419 e. The number of likely N-dealkylation sites (tertiary alicyclic amines) is 1. The van der Waals surface area contributed by atoms with Crippen LogP contribution >= 0.6 is 0 Å². The maximum Gasteiger partial charge on any atom is 0.249 e. The number of pyridine rings is 2. The molecule has 0 aliphatic carbocycles. The molecule has 1 saturated heterocycles. The number of hydrogen-bond acceptors (Lipinski definition) is 6. The Balaban J connectivity index is 1.42. The first-order valence-electron chi connectivity index (χ1n) is 9.19. The molecule has 0 saturated carbocycles. The molecule has 1 aliphatic rings. The van der Waals surface area contributed by atoms with E-state index in [1.807, 2.05) is 24.4 Å². The summed E-state index contributed by atoms with van der Waals surface area (Å²) in [6.07, 6.45) is 7.47. The molecule has 0 radical (unpaired) electrons. The highest BCUT2D eigenvalue weighted by molar-refractivity contribution is 5.81. The number of nitrogens with zero attached hydrogens (tertiary/aromatic N) is 5. The zero-order valence-corrected chi connectivity index (χ0v) is 14.8. The zero-order valence-electron chi connectivity index (χ0n) is 14.8. The van der Waals surface area contributed by atoms with Crippen molar-refractivity contribution in [3.8, 4) is 11.5 Å². The van der Waals surface area contributed by atoms with Crippen molar-refractivity contribution in [1.29, 1.82) is 0 Å². The van der Waals surface area contributed by atoms with Gasteiger partial charge in [-0.25, -0.2) is 0 Å². The molecular weight excluding hydrogens is 338 g/mol. The van der Waals surface area contributed by atoms with Crippen LogP contribution in [0.5, 0.6) is 0 Å². The van der Waals surface area contributed by atoms with E-state index in [9.17, 15) is 0 Å². The molecule has 5 rings (SSSR count). The van der Waals surface area contributed by atoms with Gasteiger partial charge in [-0.1, -0.05) is 24.3 Å². The highest BCUT2D eigenvalue weighted by Crippen LogP contribution is 2.34. The molecule has 6 heteroatoms. The monoisotopic (exact) mass is 357 g/mol. The summed E-state index contributed by atoms with van der Waals surface area (Å²) in [5.74, 6) is 1.20. The lowest BCUT2D eigenvalue weighted by atomic mass is 10.1. The maximum atomic E-state index is 5.99. The molecule has 27 heavy (non-hydrogen) atoms. The molecule has 1 aromatic carbocycles. The van der Waals surface area contributed by atoms with E-state index in [1.54, 1.807) is 12.4 Å². The van der Waals surface area contributed by atoms with E-state index in [1.165, 1.54) is 10.9 Å². The summed E-state index contributed by atoms with van der Waals surface area (Å²) in [5.41, 5.74) is 3.14. The van der Waals surface area contributed by atoms with E-state index in [-0.39, 0.29) is 6.04 Å². The van der Waals surface area contributed by atoms with Gasteiger partial charge in [0.15, 0.2) is 0 Å². The first kappa shape index (κ1) is 16.1. The minimum atomic E-state index is 0.141. The number of para-hydroxylation sites is 1. The summed E-state index contributed by atoms with van der Waals surface area (Å²) in [6, 6.07) is 14.4. The Labute approximate surface area is 156 Å². The molecule has 4 aromatic rings. The first-order chi connectivity index (χ1) is 13.4. The summed E-state index contributed by atoms with van der Waals surface area (Å²) >= 11 is 0. The van der Waals surface area contributed by atoms with Gasteiger partial charge in [0.05, 0.1) is 17.1 Å². The Hall–Kier alpha value is -3.12. The van der Waals surface area contributed by atoms with Crippen LogP contribution in [0.15, 0.2) is 65.5 Å². The topological polar surface area (TPSA) is 67.9 Å². The van der Waals surface area contributed by atoms with E-state index in [0.29, 0.717) is 11.8 Å². The van der Waals surface area contributed by atoms with Crippen molar-refractivity contribution < 1.29 is 4.42 Å². The highest BCUT2D eigenvalue weighted by Gasteiger charge is 2.31. The fourth-order valence-electron chi connectivity index (χ4n) is 3.78. The lowest BCUT2D eigenvalue weighted by molar-refractivity contribution is 0.216. The van der Waals surface area contributed by atoms with Crippen LogP contribution in [0.2, 0.25) is 0 Å². The van der Waals surface area contributed by atoms with Gasteiger partial charge in [-0.15, -0.1) is 10.2 Å². The van der Waals surface area contributed by atoms with Crippen LogP contribution in [-0.2, 0) is 6.54 Å². The third-order valence-corrected chi connectivity index (χ3v) is 5.09. The van der Waals surface area contributed by atoms with Crippen molar-refractivity contribution >= 4 is 10.9 Å². The highest BCUT2D eigenvalue weighted by atomic mass is 16.4. The number of aromatic nitrogens is 4. The molecule has 0 bridgehead atoms. The van der Waals surface area contributed by atoms with Gasteiger partial charge in [0, 0.05) is 30.5 Å². The summed E-state index contributed by atoms with van der Waals surface area (Å²) in [7, 11) is 0. The summed E-state index contributed by atoms with van der Waals surface area (Å²) in [6.45, 7) is 1.84. The molecule has 1 atom stereocenters. The smallest absolute Gasteiger partial charge is 0.249 e. The number of fused-ring (bicyclic) bond motifs is 1. The van der Waals surface area contributed by atoms with Crippen LogP contribution in [0.25, 0.3) is 22.4 Å². The number of benzene rings is 1. The minimum absolute atomic E-state index is 0.141. The summed E-state index contributed by atoms with van der Waals surface area (Å²) < 4.78 is 5.99. The molecule has 4 heterocycles.